The molecular weight excluding hydrogens is 164 g/mol. The van der Waals surface area contributed by atoms with E-state index in [9.17, 15) is 0 Å². The van der Waals surface area contributed by atoms with Gasteiger partial charge in [-0.1, -0.05) is 12.1 Å². The SMILES string of the molecule is [c]1cccc2c1oc1cncnc12. The van der Waals surface area contributed by atoms with Crippen LogP contribution in [-0.2, 0) is 0 Å². The molecule has 3 aromatic rings. The van der Waals surface area contributed by atoms with Crippen molar-refractivity contribution < 1.29 is 4.42 Å². The zero-order valence-electron chi connectivity index (χ0n) is 6.69. The predicted octanol–water partition coefficient (Wildman–Crippen LogP) is 2.18. The van der Waals surface area contributed by atoms with Crippen molar-refractivity contribution in [3.63, 3.8) is 0 Å². The fourth-order valence-corrected chi connectivity index (χ4v) is 1.40. The van der Waals surface area contributed by atoms with Crippen LogP contribution in [0.4, 0.5) is 0 Å². The third-order valence-corrected chi connectivity index (χ3v) is 1.96. The first-order valence-electron chi connectivity index (χ1n) is 3.94. The second kappa shape index (κ2) is 2.29. The zero-order valence-corrected chi connectivity index (χ0v) is 6.69. The standard InChI is InChI=1S/C10H5N2O/c1-2-4-8-7(3-1)10-9(13-8)5-11-6-12-10/h1-3,5-6H. The monoisotopic (exact) mass is 169 g/mol. The van der Waals surface area contributed by atoms with Crippen molar-refractivity contribution in [2.24, 2.45) is 0 Å². The summed E-state index contributed by atoms with van der Waals surface area (Å²) in [6.07, 6.45) is 3.18. The topological polar surface area (TPSA) is 38.9 Å². The molecular formula is C10H5N2O. The summed E-state index contributed by atoms with van der Waals surface area (Å²) in [4.78, 5) is 8.03. The first-order valence-corrected chi connectivity index (χ1v) is 3.94. The van der Waals surface area contributed by atoms with Crippen molar-refractivity contribution in [2.45, 2.75) is 0 Å². The summed E-state index contributed by atoms with van der Waals surface area (Å²) in [6, 6.07) is 8.70. The molecule has 3 heteroatoms. The first kappa shape index (κ1) is 6.60. The number of nitrogens with zero attached hydrogens (tertiary/aromatic N) is 2. The quantitative estimate of drug-likeness (QED) is 0.517. The fraction of sp³-hybridized carbons (Fsp3) is 0. The van der Waals surface area contributed by atoms with E-state index in [1.54, 1.807) is 6.20 Å². The van der Waals surface area contributed by atoms with Gasteiger partial charge in [0.1, 0.15) is 17.4 Å². The Morgan fingerprint density at radius 2 is 2.38 bits per heavy atom. The summed E-state index contributed by atoms with van der Waals surface area (Å²) >= 11 is 0. The van der Waals surface area contributed by atoms with Gasteiger partial charge in [0.2, 0.25) is 0 Å². The van der Waals surface area contributed by atoms with Gasteiger partial charge >= 0.3 is 0 Å². The molecule has 0 spiro atoms. The van der Waals surface area contributed by atoms with E-state index >= 15 is 0 Å². The second-order valence-electron chi connectivity index (χ2n) is 2.75. The van der Waals surface area contributed by atoms with Crippen molar-refractivity contribution in [3.8, 4) is 0 Å². The molecule has 0 amide bonds. The lowest BCUT2D eigenvalue weighted by molar-refractivity contribution is 0.665. The maximum atomic E-state index is 5.47. The maximum absolute atomic E-state index is 5.47. The zero-order chi connectivity index (χ0) is 8.67. The average molecular weight is 169 g/mol. The Morgan fingerprint density at radius 3 is 3.38 bits per heavy atom. The smallest absolute Gasteiger partial charge is 0.172 e. The molecule has 0 unspecified atom stereocenters. The Kier molecular flexibility index (Phi) is 1.16. The minimum Gasteiger partial charge on any atom is -0.452 e. The molecule has 0 bridgehead atoms. The summed E-state index contributed by atoms with van der Waals surface area (Å²) < 4.78 is 5.47. The van der Waals surface area contributed by atoms with Crippen molar-refractivity contribution in [2.75, 3.05) is 0 Å². The number of para-hydroxylation sites is 1. The van der Waals surface area contributed by atoms with Gasteiger partial charge in [0.15, 0.2) is 5.58 Å². The highest BCUT2D eigenvalue weighted by atomic mass is 16.3. The number of furan rings is 1. The average Bonchev–Trinajstić information content (AvgIpc) is 2.56. The molecule has 1 radical (unpaired) electrons. The molecule has 0 saturated heterocycles. The molecule has 0 aliphatic heterocycles. The van der Waals surface area contributed by atoms with E-state index in [0.29, 0.717) is 5.58 Å². The van der Waals surface area contributed by atoms with E-state index in [4.69, 9.17) is 4.42 Å². The minimum atomic E-state index is 0.708. The molecule has 0 N–H and O–H groups in total. The van der Waals surface area contributed by atoms with E-state index in [0.717, 1.165) is 16.5 Å². The molecule has 61 valence electrons. The fourth-order valence-electron chi connectivity index (χ4n) is 1.40. The van der Waals surface area contributed by atoms with Crippen LogP contribution in [0.5, 0.6) is 0 Å². The van der Waals surface area contributed by atoms with Gasteiger partial charge in [0.25, 0.3) is 0 Å². The molecule has 2 heterocycles. The van der Waals surface area contributed by atoms with Crippen molar-refractivity contribution in [1.82, 2.24) is 9.97 Å². The molecule has 0 fully saturated rings. The van der Waals surface area contributed by atoms with Crippen LogP contribution in [0.2, 0.25) is 0 Å². The van der Waals surface area contributed by atoms with Gasteiger partial charge in [-0.15, -0.1) is 0 Å². The van der Waals surface area contributed by atoms with E-state index in [-0.39, 0.29) is 0 Å². The lowest BCUT2D eigenvalue weighted by atomic mass is 10.2. The van der Waals surface area contributed by atoms with E-state index in [1.807, 2.05) is 18.2 Å². The van der Waals surface area contributed by atoms with Gasteiger partial charge in [-0.2, -0.15) is 0 Å². The highest BCUT2D eigenvalue weighted by Gasteiger charge is 2.05. The van der Waals surface area contributed by atoms with Crippen molar-refractivity contribution >= 4 is 22.1 Å². The number of benzene rings is 1. The van der Waals surface area contributed by atoms with Crippen LogP contribution in [0.1, 0.15) is 0 Å². The second-order valence-corrected chi connectivity index (χ2v) is 2.75. The predicted molar refractivity (Wildman–Crippen MR) is 48.1 cm³/mol. The molecule has 3 rings (SSSR count). The van der Waals surface area contributed by atoms with Gasteiger partial charge < -0.3 is 4.42 Å². The van der Waals surface area contributed by atoms with Gasteiger partial charge in [-0.25, -0.2) is 9.97 Å². The number of rotatable bonds is 0. The van der Waals surface area contributed by atoms with Gasteiger partial charge in [0.05, 0.1) is 6.20 Å². The number of aromatic nitrogens is 2. The molecule has 0 atom stereocenters. The van der Waals surface area contributed by atoms with E-state index in [2.05, 4.69) is 16.0 Å². The Morgan fingerprint density at radius 1 is 1.38 bits per heavy atom. The molecule has 0 aliphatic carbocycles. The third kappa shape index (κ3) is 0.839. The molecule has 13 heavy (non-hydrogen) atoms. The van der Waals surface area contributed by atoms with Crippen molar-refractivity contribution in [3.05, 3.63) is 36.8 Å². The Hall–Kier alpha value is -1.90. The van der Waals surface area contributed by atoms with E-state index < -0.39 is 0 Å². The molecule has 0 saturated carbocycles. The third-order valence-electron chi connectivity index (χ3n) is 1.96. The van der Waals surface area contributed by atoms with E-state index in [1.165, 1.54) is 6.33 Å². The largest absolute Gasteiger partial charge is 0.452 e. The molecule has 0 aliphatic rings. The summed E-state index contributed by atoms with van der Waals surface area (Å²) in [5.74, 6) is 0. The van der Waals surface area contributed by atoms with Crippen LogP contribution in [0.3, 0.4) is 0 Å². The number of hydrogen-bond donors (Lipinski definition) is 0. The highest BCUT2D eigenvalue weighted by molar-refractivity contribution is 6.01. The Balaban J connectivity index is 2.64. The summed E-state index contributed by atoms with van der Waals surface area (Å²) in [7, 11) is 0. The molecule has 2 aromatic heterocycles. The van der Waals surface area contributed by atoms with Crippen LogP contribution in [0.25, 0.3) is 22.1 Å². The number of fused-ring (bicyclic) bond motifs is 3. The van der Waals surface area contributed by atoms with Crippen LogP contribution in [0.15, 0.2) is 35.1 Å². The molecule has 3 nitrogen and oxygen atoms in total. The van der Waals surface area contributed by atoms with Crippen molar-refractivity contribution in [1.29, 1.82) is 0 Å². The highest BCUT2D eigenvalue weighted by Crippen LogP contribution is 2.24. The normalized spacial score (nSPS) is 11.1. The maximum Gasteiger partial charge on any atom is 0.172 e. The minimum absolute atomic E-state index is 0.708. The van der Waals surface area contributed by atoms with Gasteiger partial charge in [-0.3, -0.25) is 0 Å². The van der Waals surface area contributed by atoms with Crippen LogP contribution in [0, 0.1) is 6.07 Å². The molecule has 1 aromatic carbocycles. The van der Waals surface area contributed by atoms with Gasteiger partial charge in [-0.05, 0) is 6.07 Å². The lowest BCUT2D eigenvalue weighted by Gasteiger charge is -1.83. The van der Waals surface area contributed by atoms with Crippen LogP contribution >= 0.6 is 0 Å². The Bertz CT molecular complexity index is 521. The first-order chi connectivity index (χ1) is 6.45. The van der Waals surface area contributed by atoms with Gasteiger partial charge in [0, 0.05) is 11.5 Å². The summed E-state index contributed by atoms with van der Waals surface area (Å²) in [5.41, 5.74) is 2.29. The summed E-state index contributed by atoms with van der Waals surface area (Å²) in [5, 5.41) is 0.986. The number of hydrogen-bond acceptors (Lipinski definition) is 3. The van der Waals surface area contributed by atoms with Crippen LogP contribution in [-0.4, -0.2) is 9.97 Å². The Labute approximate surface area is 74.0 Å². The van der Waals surface area contributed by atoms with Crippen LogP contribution < -0.4 is 0 Å². The lowest BCUT2D eigenvalue weighted by Crippen LogP contribution is -1.74. The summed E-state index contributed by atoms with van der Waals surface area (Å²) in [6.45, 7) is 0.